The second kappa shape index (κ2) is 5.73. The predicted octanol–water partition coefficient (Wildman–Crippen LogP) is 2.01. The number of benzene rings is 1. The number of aliphatic hydroxyl groups excluding tert-OH is 1. The zero-order valence-corrected chi connectivity index (χ0v) is 10.5. The highest BCUT2D eigenvalue weighted by Gasteiger charge is 2.18. The van der Waals surface area contributed by atoms with E-state index in [0.717, 1.165) is 0 Å². The predicted molar refractivity (Wildman–Crippen MR) is 67.3 cm³/mol. The first kappa shape index (κ1) is 13.6. The first-order chi connectivity index (χ1) is 8.51. The lowest BCUT2D eigenvalue weighted by Crippen LogP contribution is -2.27. The van der Waals surface area contributed by atoms with E-state index in [9.17, 15) is 9.90 Å². The molecule has 5 heteroatoms. The molecule has 0 radical (unpaired) electrons. The summed E-state index contributed by atoms with van der Waals surface area (Å²) in [6, 6.07) is 8.49. The van der Waals surface area contributed by atoms with E-state index >= 15 is 0 Å². The minimum atomic E-state index is -0.553. The Labute approximate surface area is 106 Å². The zero-order valence-electron chi connectivity index (χ0n) is 10.5. The van der Waals surface area contributed by atoms with Crippen molar-refractivity contribution < 1.29 is 14.6 Å². The molecular weight excluding hydrogens is 232 g/mol. The Kier molecular flexibility index (Phi) is 4.33. The third-order valence-corrected chi connectivity index (χ3v) is 2.45. The Balaban J connectivity index is 3.00. The van der Waals surface area contributed by atoms with E-state index in [0.29, 0.717) is 11.4 Å². The van der Waals surface area contributed by atoms with Gasteiger partial charge < -0.3 is 14.7 Å². The largest absolute Gasteiger partial charge is 0.511 e. The van der Waals surface area contributed by atoms with Gasteiger partial charge in [-0.2, -0.15) is 5.26 Å². The molecule has 0 spiro atoms. The van der Waals surface area contributed by atoms with Crippen molar-refractivity contribution in [2.45, 2.75) is 6.92 Å². The van der Waals surface area contributed by atoms with Crippen molar-refractivity contribution in [1.82, 2.24) is 0 Å². The van der Waals surface area contributed by atoms with Crippen LogP contribution in [0.3, 0.4) is 0 Å². The number of hydrogen-bond donors (Lipinski definition) is 1. The number of methoxy groups -OCH3 is 1. The highest BCUT2D eigenvalue weighted by atomic mass is 16.5. The van der Waals surface area contributed by atoms with E-state index < -0.39 is 5.91 Å². The van der Waals surface area contributed by atoms with Crippen LogP contribution in [0.15, 0.2) is 35.6 Å². The van der Waals surface area contributed by atoms with Crippen molar-refractivity contribution in [2.75, 3.05) is 19.1 Å². The summed E-state index contributed by atoms with van der Waals surface area (Å²) in [4.78, 5) is 13.2. The normalized spacial score (nSPS) is 11.2. The first-order valence-electron chi connectivity index (χ1n) is 5.23. The second-order valence-electron chi connectivity index (χ2n) is 3.63. The van der Waals surface area contributed by atoms with Crippen LogP contribution in [0.1, 0.15) is 6.92 Å². The molecule has 1 amide bonds. The molecule has 18 heavy (non-hydrogen) atoms. The van der Waals surface area contributed by atoms with Crippen LogP contribution in [0.5, 0.6) is 5.75 Å². The quantitative estimate of drug-likeness (QED) is 0.503. The summed E-state index contributed by atoms with van der Waals surface area (Å²) in [5.74, 6) is -0.167. The molecule has 0 aromatic heterocycles. The number of carbonyl (C=O) groups is 1. The molecule has 1 aromatic carbocycles. The summed E-state index contributed by atoms with van der Waals surface area (Å²) in [7, 11) is 3.08. The minimum Gasteiger partial charge on any atom is -0.511 e. The van der Waals surface area contributed by atoms with Crippen LogP contribution in [0.25, 0.3) is 0 Å². The van der Waals surface area contributed by atoms with Gasteiger partial charge in [0.05, 0.1) is 7.11 Å². The van der Waals surface area contributed by atoms with Gasteiger partial charge in [0.15, 0.2) is 5.57 Å². The summed E-state index contributed by atoms with van der Waals surface area (Å²) in [5, 5.41) is 18.1. The lowest BCUT2D eigenvalue weighted by Gasteiger charge is -2.17. The fourth-order valence-corrected chi connectivity index (χ4v) is 1.37. The van der Waals surface area contributed by atoms with Crippen LogP contribution in [0, 0.1) is 11.3 Å². The van der Waals surface area contributed by atoms with Crippen molar-refractivity contribution in [3.05, 3.63) is 35.6 Å². The van der Waals surface area contributed by atoms with Gasteiger partial charge in [-0.05, 0) is 31.2 Å². The summed E-state index contributed by atoms with van der Waals surface area (Å²) in [6.45, 7) is 1.30. The van der Waals surface area contributed by atoms with Crippen LogP contribution >= 0.6 is 0 Å². The molecule has 0 fully saturated rings. The van der Waals surface area contributed by atoms with Crippen molar-refractivity contribution >= 4 is 11.6 Å². The molecule has 0 aliphatic rings. The number of ether oxygens (including phenoxy) is 1. The van der Waals surface area contributed by atoms with Gasteiger partial charge >= 0.3 is 0 Å². The van der Waals surface area contributed by atoms with E-state index in [1.54, 1.807) is 37.4 Å². The Bertz CT molecular complexity index is 508. The molecule has 0 aliphatic heterocycles. The maximum atomic E-state index is 11.9. The molecule has 94 valence electrons. The van der Waals surface area contributed by atoms with Crippen LogP contribution in [-0.2, 0) is 4.79 Å². The van der Waals surface area contributed by atoms with Gasteiger partial charge in [-0.1, -0.05) is 0 Å². The number of nitrogens with zero attached hydrogens (tertiary/aromatic N) is 2. The van der Waals surface area contributed by atoms with Crippen LogP contribution in [0.4, 0.5) is 5.69 Å². The van der Waals surface area contributed by atoms with Gasteiger partial charge in [0.25, 0.3) is 5.91 Å². The number of allylic oxidation sites excluding steroid dienone is 1. The summed E-state index contributed by atoms with van der Waals surface area (Å²) < 4.78 is 5.01. The Morgan fingerprint density at radius 1 is 1.39 bits per heavy atom. The molecule has 0 aliphatic carbocycles. The molecular formula is C13H14N2O3. The molecule has 1 rings (SSSR count). The highest BCUT2D eigenvalue weighted by molar-refractivity contribution is 6.08. The van der Waals surface area contributed by atoms with E-state index in [1.807, 2.05) is 0 Å². The molecule has 0 saturated carbocycles. The maximum absolute atomic E-state index is 11.9. The van der Waals surface area contributed by atoms with Crippen molar-refractivity contribution in [3.8, 4) is 11.8 Å². The fourth-order valence-electron chi connectivity index (χ4n) is 1.37. The molecule has 0 unspecified atom stereocenters. The van der Waals surface area contributed by atoms with Gasteiger partial charge in [-0.15, -0.1) is 0 Å². The number of aliphatic hydroxyl groups is 1. The van der Waals surface area contributed by atoms with Crippen molar-refractivity contribution in [1.29, 1.82) is 5.26 Å². The number of amides is 1. The van der Waals surface area contributed by atoms with Crippen LogP contribution < -0.4 is 9.64 Å². The average molecular weight is 246 g/mol. The first-order valence-corrected chi connectivity index (χ1v) is 5.23. The Hall–Kier alpha value is -2.48. The fraction of sp³-hybridized carbons (Fsp3) is 0.231. The highest BCUT2D eigenvalue weighted by Crippen LogP contribution is 2.19. The molecule has 0 bridgehead atoms. The number of hydrogen-bond acceptors (Lipinski definition) is 4. The van der Waals surface area contributed by atoms with Gasteiger partial charge in [0, 0.05) is 12.7 Å². The monoisotopic (exact) mass is 246 g/mol. The van der Waals surface area contributed by atoms with Gasteiger partial charge in [0.2, 0.25) is 0 Å². The molecule has 0 atom stereocenters. The lowest BCUT2D eigenvalue weighted by atomic mass is 10.2. The molecule has 1 aromatic rings. The van der Waals surface area contributed by atoms with Gasteiger partial charge in [0.1, 0.15) is 17.6 Å². The molecule has 5 nitrogen and oxygen atoms in total. The SMILES string of the molecule is COc1ccc(N(C)C(=O)/C(C#N)=C(/C)O)cc1. The summed E-state index contributed by atoms with van der Waals surface area (Å²) >= 11 is 0. The lowest BCUT2D eigenvalue weighted by molar-refractivity contribution is -0.114. The average Bonchev–Trinajstić information content (AvgIpc) is 2.38. The number of likely N-dealkylation sites (N-methyl/N-ethyl adjacent to an activating group) is 1. The van der Waals surface area contributed by atoms with E-state index in [4.69, 9.17) is 10.00 Å². The number of carbonyl (C=O) groups excluding carboxylic acids is 1. The van der Waals surface area contributed by atoms with Gasteiger partial charge in [-0.3, -0.25) is 4.79 Å². The number of nitriles is 1. The standard InChI is InChI=1S/C13H14N2O3/c1-9(16)12(8-14)13(17)15(2)10-4-6-11(18-3)7-5-10/h4-7,16H,1-3H3/b12-9-. The van der Waals surface area contributed by atoms with Gasteiger partial charge in [-0.25, -0.2) is 0 Å². The molecule has 0 heterocycles. The Morgan fingerprint density at radius 3 is 2.33 bits per heavy atom. The topological polar surface area (TPSA) is 73.6 Å². The summed E-state index contributed by atoms with van der Waals surface area (Å²) in [5.41, 5.74) is 0.336. The number of anilines is 1. The van der Waals surface area contributed by atoms with E-state index in [1.165, 1.54) is 18.9 Å². The second-order valence-corrected chi connectivity index (χ2v) is 3.63. The summed E-state index contributed by atoms with van der Waals surface area (Å²) in [6.07, 6.45) is 0. The van der Waals surface area contributed by atoms with Crippen LogP contribution in [-0.4, -0.2) is 25.2 Å². The third kappa shape index (κ3) is 2.80. The molecule has 0 saturated heterocycles. The Morgan fingerprint density at radius 2 is 1.94 bits per heavy atom. The third-order valence-electron chi connectivity index (χ3n) is 2.45. The maximum Gasteiger partial charge on any atom is 0.272 e. The smallest absolute Gasteiger partial charge is 0.272 e. The van der Waals surface area contributed by atoms with Crippen molar-refractivity contribution in [3.63, 3.8) is 0 Å². The van der Waals surface area contributed by atoms with Crippen molar-refractivity contribution in [2.24, 2.45) is 0 Å². The minimum absolute atomic E-state index is 0.270. The molecule has 1 N–H and O–H groups in total. The zero-order chi connectivity index (χ0) is 13.7. The van der Waals surface area contributed by atoms with Crippen LogP contribution in [0.2, 0.25) is 0 Å². The van der Waals surface area contributed by atoms with E-state index in [-0.39, 0.29) is 11.3 Å². The number of rotatable bonds is 3. The van der Waals surface area contributed by atoms with E-state index in [2.05, 4.69) is 0 Å².